The number of carbonyl (C=O) groups is 10. The maximum absolute atomic E-state index is 13.5. The Labute approximate surface area is 287 Å². The third-order valence-electron chi connectivity index (χ3n) is 7.31. The summed E-state index contributed by atoms with van der Waals surface area (Å²) in [5.74, 6) is -14.8. The molecule has 0 aliphatic heterocycles. The largest absolute Gasteiger partial charge is 0.481 e. The highest BCUT2D eigenvalue weighted by molar-refractivity contribution is 5.95. The van der Waals surface area contributed by atoms with Gasteiger partial charge in [-0.15, -0.1) is 0 Å². The quantitative estimate of drug-likeness (QED) is 0.0550. The van der Waals surface area contributed by atoms with Crippen LogP contribution in [0.25, 0.3) is 0 Å². The molecule has 0 unspecified atom stereocenters. The fourth-order valence-corrected chi connectivity index (χ4v) is 4.81. The highest BCUT2D eigenvalue weighted by Gasteiger charge is 2.34. The number of Topliss-reactive ketones (excluding diaryl/α,β-unsaturated/α-hetero) is 2. The standard InChI is InChI=1S/C31H47N3O16/c1-31(2,3)34-19(7-12-26(43)44)22(36)15-17(5-10-24(39)40)28(47)32-18(6-11-25(41)42)21(35)14-16(4-9-23(37)38)29(48)33-20(30(49)50)8-13-27(45)46/h16-20,34H,4-15H2,1-3H3,(H,32,47)(H,33,48)(H,37,38)(H,39,40)(H,41,42)(H,43,44)(H,45,46)(H,49,50)/t16-,17-,18+,19+,20+/m1/s1. The molecule has 19 nitrogen and oxygen atoms in total. The van der Waals surface area contributed by atoms with Crippen molar-refractivity contribution in [2.75, 3.05) is 0 Å². The number of ketones is 2. The monoisotopic (exact) mass is 717 g/mol. The van der Waals surface area contributed by atoms with Gasteiger partial charge in [-0.1, -0.05) is 0 Å². The number of amides is 2. The number of rotatable bonds is 27. The molecule has 19 heteroatoms. The zero-order chi connectivity index (χ0) is 38.8. The molecule has 0 saturated heterocycles. The molecule has 0 bridgehead atoms. The predicted molar refractivity (Wildman–Crippen MR) is 169 cm³/mol. The van der Waals surface area contributed by atoms with Gasteiger partial charge in [-0.25, -0.2) is 4.79 Å². The molecule has 282 valence electrons. The van der Waals surface area contributed by atoms with Crippen LogP contribution < -0.4 is 16.0 Å². The van der Waals surface area contributed by atoms with Gasteiger partial charge in [0, 0.05) is 62.3 Å². The Bertz CT molecular complexity index is 1270. The maximum atomic E-state index is 13.5. The van der Waals surface area contributed by atoms with Gasteiger partial charge in [-0.2, -0.15) is 0 Å². The van der Waals surface area contributed by atoms with E-state index in [1.807, 2.05) is 0 Å². The van der Waals surface area contributed by atoms with E-state index in [-0.39, 0.29) is 6.42 Å². The van der Waals surface area contributed by atoms with E-state index in [0.717, 1.165) is 0 Å². The lowest BCUT2D eigenvalue weighted by Gasteiger charge is -2.29. The van der Waals surface area contributed by atoms with Gasteiger partial charge in [-0.05, 0) is 52.9 Å². The second-order valence-corrected chi connectivity index (χ2v) is 12.8. The summed E-state index contributed by atoms with van der Waals surface area (Å²) < 4.78 is 0. The summed E-state index contributed by atoms with van der Waals surface area (Å²) in [6.07, 6.45) is -6.47. The summed E-state index contributed by atoms with van der Waals surface area (Å²) in [5.41, 5.74) is -0.670. The lowest BCUT2D eigenvalue weighted by molar-refractivity contribution is -0.144. The van der Waals surface area contributed by atoms with Crippen LogP contribution in [0, 0.1) is 11.8 Å². The highest BCUT2D eigenvalue weighted by atomic mass is 16.4. The molecule has 0 aromatic heterocycles. The van der Waals surface area contributed by atoms with Gasteiger partial charge in [0.15, 0.2) is 11.6 Å². The fourth-order valence-electron chi connectivity index (χ4n) is 4.81. The first-order chi connectivity index (χ1) is 23.0. The van der Waals surface area contributed by atoms with Crippen molar-refractivity contribution in [3.63, 3.8) is 0 Å². The smallest absolute Gasteiger partial charge is 0.326 e. The van der Waals surface area contributed by atoms with E-state index in [1.165, 1.54) is 0 Å². The van der Waals surface area contributed by atoms with E-state index in [4.69, 9.17) is 15.3 Å². The Morgan fingerprint density at radius 3 is 1.10 bits per heavy atom. The van der Waals surface area contributed by atoms with Gasteiger partial charge in [-0.3, -0.25) is 43.2 Å². The maximum Gasteiger partial charge on any atom is 0.326 e. The second-order valence-electron chi connectivity index (χ2n) is 12.8. The first-order valence-corrected chi connectivity index (χ1v) is 15.8. The van der Waals surface area contributed by atoms with E-state index in [0.29, 0.717) is 0 Å². The van der Waals surface area contributed by atoms with E-state index in [2.05, 4.69) is 16.0 Å². The van der Waals surface area contributed by atoms with Crippen molar-refractivity contribution in [3.05, 3.63) is 0 Å². The number of aliphatic carboxylic acids is 6. The lowest BCUT2D eigenvalue weighted by Crippen LogP contribution is -2.50. The van der Waals surface area contributed by atoms with Crippen LogP contribution in [0.2, 0.25) is 0 Å². The molecule has 5 atom stereocenters. The van der Waals surface area contributed by atoms with Crippen molar-refractivity contribution >= 4 is 59.2 Å². The molecule has 0 spiro atoms. The van der Waals surface area contributed by atoms with Crippen LogP contribution in [0.3, 0.4) is 0 Å². The van der Waals surface area contributed by atoms with Crippen molar-refractivity contribution in [2.24, 2.45) is 11.8 Å². The van der Waals surface area contributed by atoms with E-state index in [1.54, 1.807) is 20.8 Å². The number of hydrogen-bond donors (Lipinski definition) is 9. The Morgan fingerprint density at radius 1 is 0.460 bits per heavy atom. The molecule has 50 heavy (non-hydrogen) atoms. The third-order valence-corrected chi connectivity index (χ3v) is 7.31. The Kier molecular flexibility index (Phi) is 19.7. The van der Waals surface area contributed by atoms with E-state index in [9.17, 15) is 63.3 Å². The summed E-state index contributed by atoms with van der Waals surface area (Å²) in [6.45, 7) is 5.13. The minimum absolute atomic E-state index is 0.155. The van der Waals surface area contributed by atoms with E-state index >= 15 is 0 Å². The van der Waals surface area contributed by atoms with Crippen LogP contribution in [-0.4, -0.2) is 114 Å². The fraction of sp³-hybridized carbons (Fsp3) is 0.677. The normalized spacial score (nSPS) is 14.2. The van der Waals surface area contributed by atoms with Crippen molar-refractivity contribution in [3.8, 4) is 0 Å². The molecular formula is C31H47N3O16. The molecule has 9 N–H and O–H groups in total. The third kappa shape index (κ3) is 20.4. The van der Waals surface area contributed by atoms with Gasteiger partial charge < -0.3 is 46.6 Å². The lowest BCUT2D eigenvalue weighted by atomic mass is 9.89. The van der Waals surface area contributed by atoms with Gasteiger partial charge in [0.05, 0.1) is 12.1 Å². The van der Waals surface area contributed by atoms with Gasteiger partial charge in [0.25, 0.3) is 0 Å². The Hall–Kier alpha value is -4.94. The van der Waals surface area contributed by atoms with Crippen LogP contribution in [0.15, 0.2) is 0 Å². The number of carbonyl (C=O) groups excluding carboxylic acids is 4. The first kappa shape index (κ1) is 45.1. The van der Waals surface area contributed by atoms with Crippen molar-refractivity contribution in [2.45, 2.75) is 121 Å². The van der Waals surface area contributed by atoms with Crippen LogP contribution in [0.5, 0.6) is 0 Å². The van der Waals surface area contributed by atoms with Crippen molar-refractivity contribution < 1.29 is 78.6 Å². The average molecular weight is 718 g/mol. The molecule has 0 aliphatic rings. The first-order valence-electron chi connectivity index (χ1n) is 15.8. The van der Waals surface area contributed by atoms with Crippen LogP contribution in [-0.2, 0) is 47.9 Å². The van der Waals surface area contributed by atoms with Crippen molar-refractivity contribution in [1.29, 1.82) is 0 Å². The molecule has 2 amide bonds. The molecule has 0 heterocycles. The topological polar surface area (TPSA) is 328 Å². The predicted octanol–water partition coefficient (Wildman–Crippen LogP) is 0.272. The number of carboxylic acid groups (broad SMARTS) is 6. The molecule has 0 radical (unpaired) electrons. The van der Waals surface area contributed by atoms with Crippen LogP contribution >= 0.6 is 0 Å². The summed E-state index contributed by atoms with van der Waals surface area (Å²) in [7, 11) is 0. The SMILES string of the molecule is CC(C)(C)N[C@@H](CCC(=O)O)C(=O)C[C@@H](CCC(=O)O)C(=O)N[C@@H](CCC(=O)O)C(=O)C[C@@H](CCC(=O)O)C(=O)N[C@@H](CCC(=O)O)C(=O)O. The van der Waals surface area contributed by atoms with E-state index < -0.39 is 165 Å². The minimum Gasteiger partial charge on any atom is -0.481 e. The van der Waals surface area contributed by atoms with Crippen LogP contribution in [0.1, 0.15) is 97.8 Å². The average Bonchev–Trinajstić information content (AvgIpc) is 2.97. The Balaban J connectivity index is 6.31. The van der Waals surface area contributed by atoms with Crippen LogP contribution in [0.4, 0.5) is 0 Å². The zero-order valence-electron chi connectivity index (χ0n) is 28.1. The summed E-state index contributed by atoms with van der Waals surface area (Å²) in [5, 5.41) is 62.4. The van der Waals surface area contributed by atoms with Gasteiger partial charge in [0.2, 0.25) is 11.8 Å². The zero-order valence-corrected chi connectivity index (χ0v) is 28.1. The molecule has 0 saturated carbocycles. The molecule has 0 aliphatic carbocycles. The minimum atomic E-state index is -1.71. The summed E-state index contributed by atoms with van der Waals surface area (Å²) in [6, 6.07) is -4.38. The van der Waals surface area contributed by atoms with Gasteiger partial charge >= 0.3 is 35.8 Å². The molecule has 0 aromatic rings. The molecule has 0 rings (SSSR count). The molecule has 0 aromatic carbocycles. The molecular weight excluding hydrogens is 670 g/mol. The van der Waals surface area contributed by atoms with Crippen molar-refractivity contribution in [1.82, 2.24) is 16.0 Å². The number of hydrogen-bond acceptors (Lipinski definition) is 11. The highest BCUT2D eigenvalue weighted by Crippen LogP contribution is 2.20. The Morgan fingerprint density at radius 2 is 0.760 bits per heavy atom. The second kappa shape index (κ2) is 21.9. The van der Waals surface area contributed by atoms with Gasteiger partial charge in [0.1, 0.15) is 6.04 Å². The number of carboxylic acids is 6. The number of nitrogens with one attached hydrogen (secondary N) is 3. The summed E-state index contributed by atoms with van der Waals surface area (Å²) >= 11 is 0. The summed E-state index contributed by atoms with van der Waals surface area (Å²) in [4.78, 5) is 121. The molecule has 0 fully saturated rings.